The number of nitrogens with one attached hydrogen (secondary N) is 2. The molecule has 4 aromatic rings. The molecule has 0 unspecified atom stereocenters. The lowest BCUT2D eigenvalue weighted by molar-refractivity contribution is -0.137. The minimum Gasteiger partial charge on any atom is -0.390 e. The minimum atomic E-state index is -4.65. The van der Waals surface area contributed by atoms with Gasteiger partial charge in [-0.1, -0.05) is 36.4 Å². The molecule has 1 aliphatic carbocycles. The number of alkyl halides is 3. The Morgan fingerprint density at radius 1 is 0.953 bits per heavy atom. The van der Waals surface area contributed by atoms with Crippen molar-refractivity contribution in [2.45, 2.75) is 38.1 Å². The fraction of sp³-hybridized carbons (Fsp3) is 0.212. The zero-order valence-corrected chi connectivity index (χ0v) is 23.1. The summed E-state index contributed by atoms with van der Waals surface area (Å²) in [6.07, 6.45) is -4.48. The standard InChI is InChI=1S/C33H28F5N3O2/c1-19(39-15-14-20-2-10-25(34)11-3-20)40-26-12-8-23-16-30(42)31(28(23)18-26)41-32(43)22-6-4-21(5-7-22)27-13-9-24(17-29(27)35)33(36,37)38/h2-13,17-18,30-31,42H,14-16H2,1H3,(H,39,40)(H,41,43)/t30-,31-/m1/s1. The van der Waals surface area contributed by atoms with Crippen molar-refractivity contribution in [2.24, 2.45) is 4.99 Å². The van der Waals surface area contributed by atoms with Gasteiger partial charge < -0.3 is 15.7 Å². The van der Waals surface area contributed by atoms with Gasteiger partial charge in [-0.25, -0.2) is 8.78 Å². The molecule has 0 saturated heterocycles. The summed E-state index contributed by atoms with van der Waals surface area (Å²) in [5.41, 5.74) is 2.82. The molecule has 0 heterocycles. The highest BCUT2D eigenvalue weighted by Crippen LogP contribution is 2.35. The summed E-state index contributed by atoms with van der Waals surface area (Å²) in [4.78, 5) is 17.6. The lowest BCUT2D eigenvalue weighted by atomic mass is 10.0. The number of aliphatic imine (C=N–C) groups is 1. The van der Waals surface area contributed by atoms with Crippen molar-refractivity contribution in [3.8, 4) is 11.1 Å². The highest BCUT2D eigenvalue weighted by Gasteiger charge is 2.33. The van der Waals surface area contributed by atoms with E-state index in [1.807, 2.05) is 25.1 Å². The summed E-state index contributed by atoms with van der Waals surface area (Å²) in [6, 6.07) is 19.3. The molecule has 0 spiro atoms. The molecule has 0 saturated carbocycles. The maximum Gasteiger partial charge on any atom is 0.416 e. The van der Waals surface area contributed by atoms with Gasteiger partial charge in [0.25, 0.3) is 5.91 Å². The number of amidine groups is 1. The predicted octanol–water partition coefficient (Wildman–Crippen LogP) is 7.11. The van der Waals surface area contributed by atoms with Gasteiger partial charge >= 0.3 is 6.18 Å². The lowest BCUT2D eigenvalue weighted by Gasteiger charge is -2.19. The topological polar surface area (TPSA) is 73.7 Å². The van der Waals surface area contributed by atoms with Crippen molar-refractivity contribution < 1.29 is 31.9 Å². The van der Waals surface area contributed by atoms with E-state index >= 15 is 0 Å². The third-order valence-electron chi connectivity index (χ3n) is 7.32. The van der Waals surface area contributed by atoms with E-state index in [2.05, 4.69) is 15.6 Å². The van der Waals surface area contributed by atoms with Crippen LogP contribution in [0.25, 0.3) is 11.1 Å². The van der Waals surface area contributed by atoms with Crippen molar-refractivity contribution in [3.63, 3.8) is 0 Å². The molecule has 0 aromatic heterocycles. The fourth-order valence-corrected chi connectivity index (χ4v) is 5.08. The van der Waals surface area contributed by atoms with Gasteiger partial charge in [-0.05, 0) is 84.1 Å². The summed E-state index contributed by atoms with van der Waals surface area (Å²) in [6.45, 7) is 2.34. The Morgan fingerprint density at radius 2 is 1.67 bits per heavy atom. The third-order valence-corrected chi connectivity index (χ3v) is 7.32. The average Bonchev–Trinajstić information content (AvgIpc) is 3.27. The van der Waals surface area contributed by atoms with E-state index in [0.29, 0.717) is 36.9 Å². The summed E-state index contributed by atoms with van der Waals surface area (Å²) in [5.74, 6) is -1.10. The number of halogens is 5. The minimum absolute atomic E-state index is 0.0191. The first-order valence-electron chi connectivity index (χ1n) is 13.6. The number of amides is 1. The summed E-state index contributed by atoms with van der Waals surface area (Å²) in [5, 5.41) is 16.8. The quantitative estimate of drug-likeness (QED) is 0.122. The molecule has 10 heteroatoms. The molecule has 0 radical (unpaired) electrons. The number of aliphatic hydroxyl groups excluding tert-OH is 1. The number of carbonyl (C=O) groups excluding carboxylic acids is 1. The number of carbonyl (C=O) groups is 1. The Hall–Kier alpha value is -4.57. The van der Waals surface area contributed by atoms with Gasteiger partial charge in [-0.15, -0.1) is 0 Å². The van der Waals surface area contributed by atoms with Crippen LogP contribution in [0.3, 0.4) is 0 Å². The molecular weight excluding hydrogens is 565 g/mol. The van der Waals surface area contributed by atoms with Gasteiger partial charge in [-0.3, -0.25) is 9.79 Å². The van der Waals surface area contributed by atoms with Gasteiger partial charge in [0.05, 0.1) is 23.5 Å². The lowest BCUT2D eigenvalue weighted by Crippen LogP contribution is -2.33. The number of rotatable bonds is 7. The number of fused-ring (bicyclic) bond motifs is 1. The Bertz CT molecular complexity index is 1650. The highest BCUT2D eigenvalue weighted by atomic mass is 19.4. The number of hydrogen-bond acceptors (Lipinski definition) is 3. The van der Waals surface area contributed by atoms with Gasteiger partial charge in [-0.2, -0.15) is 13.2 Å². The summed E-state index contributed by atoms with van der Waals surface area (Å²) >= 11 is 0. The molecule has 0 bridgehead atoms. The second kappa shape index (κ2) is 12.3. The van der Waals surface area contributed by atoms with Crippen LogP contribution in [-0.4, -0.2) is 29.5 Å². The smallest absolute Gasteiger partial charge is 0.390 e. The third kappa shape index (κ3) is 7.09. The zero-order valence-electron chi connectivity index (χ0n) is 23.1. The van der Waals surface area contributed by atoms with Crippen molar-refractivity contribution in [1.29, 1.82) is 0 Å². The van der Waals surface area contributed by atoms with Crippen molar-refractivity contribution in [1.82, 2.24) is 5.32 Å². The zero-order chi connectivity index (χ0) is 30.7. The average molecular weight is 594 g/mol. The van der Waals surface area contributed by atoms with Crippen LogP contribution in [0.15, 0.2) is 89.9 Å². The van der Waals surface area contributed by atoms with Crippen LogP contribution in [0.4, 0.5) is 27.6 Å². The highest BCUT2D eigenvalue weighted by molar-refractivity contribution is 5.95. The van der Waals surface area contributed by atoms with E-state index in [1.165, 1.54) is 36.4 Å². The van der Waals surface area contributed by atoms with E-state index in [-0.39, 0.29) is 16.9 Å². The first-order chi connectivity index (χ1) is 20.5. The van der Waals surface area contributed by atoms with Crippen LogP contribution in [0.1, 0.15) is 45.6 Å². The van der Waals surface area contributed by atoms with E-state index in [9.17, 15) is 31.9 Å². The number of aliphatic hydroxyl groups is 1. The number of hydrogen-bond donors (Lipinski definition) is 3. The van der Waals surface area contributed by atoms with Gasteiger partial charge in [0, 0.05) is 29.8 Å². The van der Waals surface area contributed by atoms with Gasteiger partial charge in [0.1, 0.15) is 11.6 Å². The van der Waals surface area contributed by atoms with E-state index in [0.717, 1.165) is 34.5 Å². The number of nitrogens with zero attached hydrogens (tertiary/aromatic N) is 1. The normalized spacial score (nSPS) is 16.6. The van der Waals surface area contributed by atoms with E-state index in [1.54, 1.807) is 12.1 Å². The number of benzene rings is 4. The molecule has 1 amide bonds. The SMILES string of the molecule is CC(=NCCc1ccc(F)cc1)Nc1ccc2c(c1)[C@@H](NC(=O)c1ccc(-c3ccc(C(F)(F)F)cc3F)cc1)[C@H](O)C2. The van der Waals surface area contributed by atoms with Crippen molar-refractivity contribution in [2.75, 3.05) is 11.9 Å². The Morgan fingerprint density at radius 3 is 2.35 bits per heavy atom. The molecule has 0 fully saturated rings. The molecule has 222 valence electrons. The molecule has 5 nitrogen and oxygen atoms in total. The summed E-state index contributed by atoms with van der Waals surface area (Å²) in [7, 11) is 0. The number of anilines is 1. The fourth-order valence-electron chi connectivity index (χ4n) is 5.08. The molecule has 4 aromatic carbocycles. The molecule has 2 atom stereocenters. The predicted molar refractivity (Wildman–Crippen MR) is 155 cm³/mol. The largest absolute Gasteiger partial charge is 0.416 e. The van der Waals surface area contributed by atoms with Gasteiger partial charge in [0.15, 0.2) is 0 Å². The van der Waals surface area contributed by atoms with Crippen LogP contribution in [0.2, 0.25) is 0 Å². The van der Waals surface area contributed by atoms with Crippen LogP contribution in [0.5, 0.6) is 0 Å². The molecule has 3 N–H and O–H groups in total. The molecule has 0 aliphatic heterocycles. The second-order valence-electron chi connectivity index (χ2n) is 10.4. The van der Waals surface area contributed by atoms with Gasteiger partial charge in [0.2, 0.25) is 0 Å². The maximum absolute atomic E-state index is 14.4. The van der Waals surface area contributed by atoms with Crippen molar-refractivity contribution in [3.05, 3.63) is 124 Å². The Balaban J connectivity index is 1.24. The maximum atomic E-state index is 14.4. The molecule has 5 rings (SSSR count). The van der Waals surface area contributed by atoms with Crippen LogP contribution in [-0.2, 0) is 19.0 Å². The van der Waals surface area contributed by atoms with Crippen LogP contribution < -0.4 is 10.6 Å². The van der Waals surface area contributed by atoms with Crippen molar-refractivity contribution >= 4 is 17.4 Å². The van der Waals surface area contributed by atoms with Crippen LogP contribution >= 0.6 is 0 Å². The molecular formula is C33H28F5N3O2. The molecule has 43 heavy (non-hydrogen) atoms. The molecule has 1 aliphatic rings. The first-order valence-corrected chi connectivity index (χ1v) is 13.6. The summed E-state index contributed by atoms with van der Waals surface area (Å²) < 4.78 is 66.1. The monoisotopic (exact) mass is 593 g/mol. The van der Waals surface area contributed by atoms with E-state index in [4.69, 9.17) is 0 Å². The second-order valence-corrected chi connectivity index (χ2v) is 10.4. The first kappa shape index (κ1) is 29.9. The van der Waals surface area contributed by atoms with E-state index < -0.39 is 35.6 Å². The Kier molecular flexibility index (Phi) is 8.59. The Labute approximate surface area is 245 Å². The van der Waals surface area contributed by atoms with Crippen LogP contribution in [0, 0.1) is 11.6 Å².